The lowest BCUT2D eigenvalue weighted by Crippen LogP contribution is -2.75. The quantitative estimate of drug-likeness (QED) is 0.609. The van der Waals surface area contributed by atoms with E-state index in [4.69, 9.17) is 11.6 Å². The summed E-state index contributed by atoms with van der Waals surface area (Å²) in [7, 11) is 1.84. The first-order valence-electron chi connectivity index (χ1n) is 13.0. The van der Waals surface area contributed by atoms with Crippen LogP contribution in [0.4, 0.5) is 0 Å². The maximum atomic E-state index is 13.7. The Kier molecular flexibility index (Phi) is 7.89. The molecule has 0 unspecified atom stereocenters. The van der Waals surface area contributed by atoms with Crippen molar-refractivity contribution in [2.45, 2.75) is 95.9 Å². The third-order valence-electron chi connectivity index (χ3n) is 8.30. The van der Waals surface area contributed by atoms with E-state index in [1.165, 1.54) is 6.42 Å². The highest BCUT2D eigenvalue weighted by atomic mass is 35.5. The van der Waals surface area contributed by atoms with Gasteiger partial charge in [-0.3, -0.25) is 19.2 Å². The lowest BCUT2D eigenvalue weighted by Gasteiger charge is -2.52. The summed E-state index contributed by atoms with van der Waals surface area (Å²) in [6, 6.07) is -0.826. The third-order valence-corrected chi connectivity index (χ3v) is 8.78. The first-order valence-corrected chi connectivity index (χ1v) is 13.4. The van der Waals surface area contributed by atoms with Gasteiger partial charge in [0.25, 0.3) is 0 Å². The summed E-state index contributed by atoms with van der Waals surface area (Å²) in [5.41, 5.74) is 1.10. The van der Waals surface area contributed by atoms with E-state index in [1.54, 1.807) is 4.68 Å². The summed E-state index contributed by atoms with van der Waals surface area (Å²) in [6.07, 6.45) is 7.33. The molecule has 1 saturated carbocycles. The Labute approximate surface area is 208 Å². The van der Waals surface area contributed by atoms with E-state index in [9.17, 15) is 14.7 Å². The van der Waals surface area contributed by atoms with E-state index in [2.05, 4.69) is 22.2 Å². The molecule has 0 bridgehead atoms. The molecule has 2 saturated heterocycles. The molecule has 0 radical (unpaired) electrons. The highest BCUT2D eigenvalue weighted by Crippen LogP contribution is 2.37. The Morgan fingerprint density at radius 3 is 2.47 bits per heavy atom. The highest BCUT2D eigenvalue weighted by molar-refractivity contribution is 6.30. The van der Waals surface area contributed by atoms with Gasteiger partial charge in [0.1, 0.15) is 16.7 Å². The smallest absolute Gasteiger partial charge is 0.248 e. The van der Waals surface area contributed by atoms with Gasteiger partial charge in [-0.15, -0.1) is 0 Å². The number of halogens is 1. The molecule has 1 aromatic rings. The number of hydrogen-bond acceptors (Lipinski definition) is 5. The molecule has 1 spiro atoms. The van der Waals surface area contributed by atoms with Crippen LogP contribution in [-0.2, 0) is 23.2 Å². The van der Waals surface area contributed by atoms with Gasteiger partial charge in [-0.25, -0.2) is 0 Å². The number of carbonyl (C=O) groups excluding carboxylic acids is 2. The second kappa shape index (κ2) is 10.5. The Morgan fingerprint density at radius 1 is 1.21 bits per heavy atom. The van der Waals surface area contributed by atoms with Crippen LogP contribution in [0.3, 0.4) is 0 Å². The first-order chi connectivity index (χ1) is 16.3. The van der Waals surface area contributed by atoms with Gasteiger partial charge in [0.15, 0.2) is 0 Å². The van der Waals surface area contributed by atoms with Crippen molar-refractivity contribution in [2.75, 3.05) is 19.6 Å². The Balaban J connectivity index is 1.49. The van der Waals surface area contributed by atoms with Gasteiger partial charge >= 0.3 is 0 Å². The topological polar surface area (TPSA) is 90.7 Å². The van der Waals surface area contributed by atoms with Gasteiger partial charge in [0.2, 0.25) is 11.8 Å². The Bertz CT molecular complexity index is 889. The molecule has 2 atom stereocenters. The van der Waals surface area contributed by atoms with Crippen molar-refractivity contribution in [3.8, 4) is 0 Å². The van der Waals surface area contributed by atoms with E-state index in [1.807, 2.05) is 18.9 Å². The summed E-state index contributed by atoms with van der Waals surface area (Å²) in [4.78, 5) is 31.4. The molecule has 190 valence electrons. The van der Waals surface area contributed by atoms with Crippen molar-refractivity contribution in [2.24, 2.45) is 13.0 Å². The average molecular weight is 494 g/mol. The number of piperazine rings is 1. The number of carbonyl (C=O) groups is 2. The number of aryl methyl sites for hydroxylation is 2. The second-order valence-corrected chi connectivity index (χ2v) is 10.8. The van der Waals surface area contributed by atoms with Crippen LogP contribution in [0.2, 0.25) is 5.15 Å². The summed E-state index contributed by atoms with van der Waals surface area (Å²) < 4.78 is 1.69. The number of unbranched alkanes of at least 4 members (excludes halogenated alkanes) is 1. The second-order valence-electron chi connectivity index (χ2n) is 10.5. The predicted molar refractivity (Wildman–Crippen MR) is 131 cm³/mol. The number of likely N-dealkylation sites (tertiary alicyclic amines) is 1. The van der Waals surface area contributed by atoms with Crippen molar-refractivity contribution >= 4 is 23.4 Å². The number of aliphatic hydroxyl groups is 1. The van der Waals surface area contributed by atoms with Crippen molar-refractivity contribution in [3.05, 3.63) is 16.4 Å². The fourth-order valence-electron chi connectivity index (χ4n) is 6.11. The van der Waals surface area contributed by atoms with Crippen molar-refractivity contribution in [3.63, 3.8) is 0 Å². The predicted octanol–water partition coefficient (Wildman–Crippen LogP) is 2.78. The monoisotopic (exact) mass is 493 g/mol. The molecule has 3 fully saturated rings. The zero-order valence-electron chi connectivity index (χ0n) is 20.9. The number of aliphatic hydroxyl groups excluding tert-OH is 1. The van der Waals surface area contributed by atoms with Crippen molar-refractivity contribution < 1.29 is 14.7 Å². The number of nitrogens with zero attached hydrogens (tertiary/aromatic N) is 4. The van der Waals surface area contributed by atoms with Crippen LogP contribution in [-0.4, -0.2) is 73.8 Å². The summed E-state index contributed by atoms with van der Waals surface area (Å²) in [5.74, 6) is -0.122. The van der Waals surface area contributed by atoms with Crippen LogP contribution in [0, 0.1) is 12.8 Å². The SMILES string of the molecule is CCCCN1C(=O)[C@@H]([C@H](O)C2CCCCC2)NC(=O)C12CCN(Cc1c(C)nn(C)c1Cl)CC2. The van der Waals surface area contributed by atoms with Gasteiger partial charge in [-0.05, 0) is 44.9 Å². The van der Waals surface area contributed by atoms with E-state index < -0.39 is 17.7 Å². The number of aromatic nitrogens is 2. The Morgan fingerprint density at radius 2 is 1.88 bits per heavy atom. The molecule has 8 nitrogen and oxygen atoms in total. The average Bonchev–Trinajstić information content (AvgIpc) is 3.08. The summed E-state index contributed by atoms with van der Waals surface area (Å²) in [5, 5.41) is 19.1. The molecule has 2 N–H and O–H groups in total. The lowest BCUT2D eigenvalue weighted by atomic mass is 9.78. The first kappa shape index (κ1) is 25.5. The largest absolute Gasteiger partial charge is 0.390 e. The fourth-order valence-corrected chi connectivity index (χ4v) is 6.35. The molecule has 3 aliphatic rings. The minimum atomic E-state index is -0.834. The molecule has 1 aromatic heterocycles. The normalized spacial score (nSPS) is 25.1. The minimum absolute atomic E-state index is 0.0828. The van der Waals surface area contributed by atoms with E-state index in [0.29, 0.717) is 44.2 Å². The Hall–Kier alpha value is -1.64. The minimum Gasteiger partial charge on any atom is -0.390 e. The van der Waals surface area contributed by atoms with Crippen LogP contribution in [0.5, 0.6) is 0 Å². The number of nitrogens with one attached hydrogen (secondary N) is 1. The molecule has 3 heterocycles. The van der Waals surface area contributed by atoms with Gasteiger partial charge < -0.3 is 15.3 Å². The zero-order valence-corrected chi connectivity index (χ0v) is 21.6. The molecular formula is C25H40ClN5O3. The summed E-state index contributed by atoms with van der Waals surface area (Å²) in [6.45, 7) is 6.70. The molecule has 9 heteroatoms. The van der Waals surface area contributed by atoms with Gasteiger partial charge in [-0.2, -0.15) is 5.10 Å². The van der Waals surface area contributed by atoms with Gasteiger partial charge in [0, 0.05) is 38.8 Å². The summed E-state index contributed by atoms with van der Waals surface area (Å²) >= 11 is 6.44. The molecule has 0 aromatic carbocycles. The van der Waals surface area contributed by atoms with E-state index in [0.717, 1.165) is 49.8 Å². The molecule has 1 aliphatic carbocycles. The lowest BCUT2D eigenvalue weighted by molar-refractivity contribution is -0.166. The number of amides is 2. The van der Waals surface area contributed by atoms with Gasteiger partial charge in [0.05, 0.1) is 11.8 Å². The molecule has 4 rings (SSSR count). The maximum Gasteiger partial charge on any atom is 0.248 e. The van der Waals surface area contributed by atoms with Crippen LogP contribution in [0.15, 0.2) is 0 Å². The number of hydrogen-bond donors (Lipinski definition) is 2. The van der Waals surface area contributed by atoms with Crippen LogP contribution < -0.4 is 5.32 Å². The van der Waals surface area contributed by atoms with Crippen LogP contribution in [0.25, 0.3) is 0 Å². The molecule has 2 amide bonds. The standard InChI is InChI=1S/C25H40ClN5O3/c1-4-5-13-31-23(33)20(21(32)18-9-7-6-8-10-18)27-24(34)25(31)11-14-30(15-12-25)16-19-17(2)28-29(3)22(19)26/h18,20-21,32H,4-16H2,1-3H3,(H,27,34)/t20-,21-/m1/s1. The van der Waals surface area contributed by atoms with E-state index in [-0.39, 0.29) is 17.7 Å². The highest BCUT2D eigenvalue weighted by Gasteiger charge is 2.55. The third kappa shape index (κ3) is 4.73. The van der Waals surface area contributed by atoms with Crippen molar-refractivity contribution in [1.29, 1.82) is 0 Å². The van der Waals surface area contributed by atoms with Crippen LogP contribution >= 0.6 is 11.6 Å². The number of rotatable bonds is 7. The molecule has 34 heavy (non-hydrogen) atoms. The molecule has 2 aliphatic heterocycles. The number of piperidine rings is 1. The fraction of sp³-hybridized carbons (Fsp3) is 0.800. The maximum absolute atomic E-state index is 13.7. The van der Waals surface area contributed by atoms with E-state index >= 15 is 0 Å². The van der Waals surface area contributed by atoms with Gasteiger partial charge in [-0.1, -0.05) is 44.2 Å². The van der Waals surface area contributed by atoms with Crippen molar-refractivity contribution in [1.82, 2.24) is 24.9 Å². The molecular weight excluding hydrogens is 454 g/mol. The zero-order chi connectivity index (χ0) is 24.5. The van der Waals surface area contributed by atoms with Crippen LogP contribution in [0.1, 0.15) is 76.0 Å².